The zero-order valence-electron chi connectivity index (χ0n) is 11.1. The molecule has 0 spiro atoms. The summed E-state index contributed by atoms with van der Waals surface area (Å²) in [7, 11) is 0. The monoisotopic (exact) mass is 326 g/mol. The summed E-state index contributed by atoms with van der Waals surface area (Å²) in [5, 5.41) is 0. The molecule has 0 aliphatic heterocycles. The number of halogens is 5. The van der Waals surface area contributed by atoms with Gasteiger partial charge in [-0.15, -0.1) is 5.46 Å². The topological polar surface area (TPSA) is 9.23 Å². The van der Waals surface area contributed by atoms with E-state index >= 15 is 0 Å². The maximum Gasteiger partial charge on any atom is 1.00 e. The molecule has 21 heavy (non-hydrogen) atoms. The first-order valence-corrected chi connectivity index (χ1v) is 5.73. The van der Waals surface area contributed by atoms with Crippen LogP contribution in [0.5, 0.6) is 5.75 Å². The normalized spacial score (nSPS) is 10.9. The molecular formula is C13H9BF5KO. The molecule has 1 nitrogen and oxygen atoms in total. The molecule has 0 bridgehead atoms. The molecule has 0 fully saturated rings. The van der Waals surface area contributed by atoms with Gasteiger partial charge in [-0.3, -0.25) is 0 Å². The number of benzene rings is 2. The summed E-state index contributed by atoms with van der Waals surface area (Å²) in [5.74, 6) is -1.37. The Balaban J connectivity index is 0.00000220. The minimum Gasteiger partial charge on any atom is -0.489 e. The number of hydrogen-bond acceptors (Lipinski definition) is 1. The van der Waals surface area contributed by atoms with Crippen molar-refractivity contribution in [1.29, 1.82) is 0 Å². The molecule has 0 N–H and O–H groups in total. The molecule has 2 aromatic rings. The van der Waals surface area contributed by atoms with E-state index in [1.54, 1.807) is 0 Å². The van der Waals surface area contributed by atoms with Gasteiger partial charge in [-0.1, -0.05) is 12.1 Å². The average Bonchev–Trinajstić information content (AvgIpc) is 2.39. The smallest absolute Gasteiger partial charge is 0.489 e. The van der Waals surface area contributed by atoms with Crippen LogP contribution in [0.1, 0.15) is 5.56 Å². The summed E-state index contributed by atoms with van der Waals surface area (Å²) < 4.78 is 68.9. The van der Waals surface area contributed by atoms with Crippen LogP contribution in [0, 0.1) is 11.6 Å². The van der Waals surface area contributed by atoms with Crippen LogP contribution in [0.4, 0.5) is 21.7 Å². The molecule has 8 heteroatoms. The number of rotatable bonds is 4. The van der Waals surface area contributed by atoms with Crippen LogP contribution in [0.15, 0.2) is 42.5 Å². The molecule has 0 saturated carbocycles. The van der Waals surface area contributed by atoms with Gasteiger partial charge in [0, 0.05) is 5.56 Å². The molecule has 0 aliphatic rings. The Hall–Kier alpha value is -0.409. The Morgan fingerprint density at radius 1 is 0.952 bits per heavy atom. The van der Waals surface area contributed by atoms with Gasteiger partial charge in [0.05, 0.1) is 0 Å². The predicted molar refractivity (Wildman–Crippen MR) is 65.8 cm³/mol. The van der Waals surface area contributed by atoms with Crippen molar-refractivity contribution in [2.24, 2.45) is 0 Å². The molecule has 2 rings (SSSR count). The Labute approximate surface area is 161 Å². The summed E-state index contributed by atoms with van der Waals surface area (Å²) in [5.41, 5.74) is -0.866. The molecule has 0 heterocycles. The summed E-state index contributed by atoms with van der Waals surface area (Å²) >= 11 is 0. The fraction of sp³-hybridized carbons (Fsp3) is 0.0769. The van der Waals surface area contributed by atoms with Crippen LogP contribution in [0.3, 0.4) is 0 Å². The Kier molecular flexibility index (Phi) is 6.86. The van der Waals surface area contributed by atoms with Gasteiger partial charge in [0.2, 0.25) is 0 Å². The van der Waals surface area contributed by atoms with Crippen molar-refractivity contribution in [2.75, 3.05) is 0 Å². The molecule has 0 aromatic heterocycles. The fourth-order valence-electron chi connectivity index (χ4n) is 1.62. The van der Waals surface area contributed by atoms with Gasteiger partial charge in [-0.05, 0) is 30.3 Å². The molecule has 0 atom stereocenters. The van der Waals surface area contributed by atoms with E-state index in [1.807, 2.05) is 0 Å². The third-order valence-corrected chi connectivity index (χ3v) is 2.64. The molecule has 0 aliphatic carbocycles. The standard InChI is InChI=1S/C13H9BF5O.K/c15-11-4-5-13(16)9(6-11)8-20-12-3-1-2-10(7-12)14(17,18)19;/h1-7H,8H2;/q-1;+1. The van der Waals surface area contributed by atoms with Gasteiger partial charge in [-0.25, -0.2) is 8.78 Å². The zero-order valence-corrected chi connectivity index (χ0v) is 14.2. The largest absolute Gasteiger partial charge is 1.00 e. The molecule has 0 amide bonds. The SMILES string of the molecule is Fc1ccc(F)c(COc2cccc([B-](F)(F)F)c2)c1.[K+]. The summed E-state index contributed by atoms with van der Waals surface area (Å²) in [6, 6.07) is 7.10. The van der Waals surface area contributed by atoms with Crippen molar-refractivity contribution < 1.29 is 77.8 Å². The fourth-order valence-corrected chi connectivity index (χ4v) is 1.62. The predicted octanol–water partition coefficient (Wildman–Crippen LogP) is 0.602. The Morgan fingerprint density at radius 2 is 1.67 bits per heavy atom. The van der Waals surface area contributed by atoms with E-state index in [-0.39, 0.29) is 69.3 Å². The minimum absolute atomic E-state index is 0. The molecule has 0 radical (unpaired) electrons. The first kappa shape index (κ1) is 18.6. The minimum atomic E-state index is -5.12. The average molecular weight is 326 g/mol. The molecule has 106 valence electrons. The van der Waals surface area contributed by atoms with E-state index in [1.165, 1.54) is 12.1 Å². The third kappa shape index (κ3) is 5.37. The molecule has 0 unspecified atom stereocenters. The van der Waals surface area contributed by atoms with E-state index < -0.39 is 24.1 Å². The third-order valence-electron chi connectivity index (χ3n) is 2.64. The second-order valence-electron chi connectivity index (χ2n) is 4.17. The summed E-state index contributed by atoms with van der Waals surface area (Å²) in [6.07, 6.45) is 0. The molecule has 0 saturated heterocycles. The Morgan fingerprint density at radius 3 is 2.33 bits per heavy atom. The number of ether oxygens (including phenoxy) is 1. The van der Waals surface area contributed by atoms with Crippen molar-refractivity contribution in [3.05, 3.63) is 59.7 Å². The van der Waals surface area contributed by atoms with Crippen LogP contribution >= 0.6 is 0 Å². The van der Waals surface area contributed by atoms with E-state index in [0.29, 0.717) is 0 Å². The van der Waals surface area contributed by atoms with Crippen LogP contribution in [0.2, 0.25) is 0 Å². The van der Waals surface area contributed by atoms with Gasteiger partial charge in [0.25, 0.3) is 0 Å². The number of hydrogen-bond donors (Lipinski definition) is 0. The zero-order chi connectivity index (χ0) is 14.8. The summed E-state index contributed by atoms with van der Waals surface area (Å²) in [6.45, 7) is -5.47. The van der Waals surface area contributed by atoms with Gasteiger partial charge >= 0.3 is 58.4 Å². The van der Waals surface area contributed by atoms with Crippen LogP contribution < -0.4 is 61.6 Å². The van der Waals surface area contributed by atoms with Crippen LogP contribution in [-0.4, -0.2) is 6.98 Å². The first-order valence-electron chi connectivity index (χ1n) is 5.73. The molecular weight excluding hydrogens is 317 g/mol. The maximum atomic E-state index is 13.3. The van der Waals surface area contributed by atoms with Crippen molar-refractivity contribution in [1.82, 2.24) is 0 Å². The van der Waals surface area contributed by atoms with Gasteiger partial charge in [0.15, 0.2) is 0 Å². The quantitative estimate of drug-likeness (QED) is 0.591. The second-order valence-corrected chi connectivity index (χ2v) is 4.17. The van der Waals surface area contributed by atoms with Crippen LogP contribution in [0.25, 0.3) is 0 Å². The van der Waals surface area contributed by atoms with E-state index in [4.69, 9.17) is 4.74 Å². The molecule has 2 aromatic carbocycles. The van der Waals surface area contributed by atoms with Crippen molar-refractivity contribution in [3.8, 4) is 5.75 Å². The van der Waals surface area contributed by atoms with Crippen molar-refractivity contribution in [3.63, 3.8) is 0 Å². The van der Waals surface area contributed by atoms with Crippen molar-refractivity contribution >= 4 is 12.4 Å². The van der Waals surface area contributed by atoms with E-state index in [0.717, 1.165) is 30.3 Å². The van der Waals surface area contributed by atoms with Gasteiger partial charge in [0.1, 0.15) is 24.0 Å². The van der Waals surface area contributed by atoms with Crippen LogP contribution in [-0.2, 0) is 6.61 Å². The van der Waals surface area contributed by atoms with Gasteiger partial charge in [-0.2, -0.15) is 0 Å². The summed E-state index contributed by atoms with van der Waals surface area (Å²) in [4.78, 5) is 0. The second kappa shape index (κ2) is 7.73. The Bertz CT molecular complexity index is 618. The first-order chi connectivity index (χ1) is 9.36. The van der Waals surface area contributed by atoms with Crippen molar-refractivity contribution in [2.45, 2.75) is 6.61 Å². The van der Waals surface area contributed by atoms with Gasteiger partial charge < -0.3 is 17.7 Å². The van der Waals surface area contributed by atoms with E-state index in [2.05, 4.69) is 0 Å². The van der Waals surface area contributed by atoms with E-state index in [9.17, 15) is 21.7 Å². The maximum absolute atomic E-state index is 13.3.